The van der Waals surface area contributed by atoms with Crippen LogP contribution in [-0.2, 0) is 52.7 Å². The summed E-state index contributed by atoms with van der Waals surface area (Å²) < 4.78 is 74.9. The molecule has 722 valence electrons. The van der Waals surface area contributed by atoms with E-state index >= 15 is 13.2 Å². The highest BCUT2D eigenvalue weighted by molar-refractivity contribution is 6.61. The van der Waals surface area contributed by atoms with E-state index in [4.69, 9.17) is 28.0 Å². The van der Waals surface area contributed by atoms with Crippen LogP contribution in [0.2, 0.25) is 0 Å². The summed E-state index contributed by atoms with van der Waals surface area (Å²) in [5, 5.41) is 70.8. The second-order valence-electron chi connectivity index (χ2n) is 38.3. The van der Waals surface area contributed by atoms with Gasteiger partial charge in [0.25, 0.3) is 34.1 Å². The first-order valence-electron chi connectivity index (χ1n) is 45.3. The third-order valence-corrected chi connectivity index (χ3v) is 25.1. The SMILES string of the molecule is CC(C)(C)c1cc(F)c2c(=O)n(-c3cccc(-n4cc(C(N)=O)c5cccnc54)c3CO)ncc2c1.CC(C)(C)c1cc(F)c2c(=O)n(-c3cccc(-n4cc(C(N)=O)c5cccnc54)c3CO)ncc2c1.CC(C)(C)c1cc(F)c2c(=O)n(-c3cccc4c3COB4O)ncc2c1.N#Cc1c[nH]c2ncccc12.[C-]#[N+]c1cn(-c2cccc(-n3ncc4cc(C(C)(C)C)cc(F)c4c3=O)c2CO)c2ncccc12. The summed E-state index contributed by atoms with van der Waals surface area (Å²) in [7, 11) is -1.02. The molecule has 0 saturated heterocycles. The number of aliphatic hydroxyl groups excluding tert-OH is 3. The highest BCUT2D eigenvalue weighted by Crippen LogP contribution is 2.38. The van der Waals surface area contributed by atoms with Crippen LogP contribution in [0.25, 0.3) is 132 Å². The standard InChI is InChI=1S/2C27H24FN5O3.C27H22FN5O2.C19H18BFN2O3.C8H5N3/c2*1-27(2,3)16-10-15-12-31-33(26(36)23(15)20(28)11-16)22-8-4-7-21(19(22)14-34)32-13-18(24(29)35)17-6-5-9-30-25(17)32;1-27(2,3)17-11-16-13-31-33(26(35)24(16)20(28)12-17)23-9-5-8-22(19(23)15-34)32-14-21(29-4)18-7-6-10-30-25(18)32;1-19(2,3)12-7-11-9-22-23(18(24)17(11)15(21)8-12)16-6-4-5-14-13(16)10-26-20(14)25;9-4-6-5-11-8-7(6)2-1-3-10-8/h2*4-13,34H,14H2,1-3H3,(H2,29,35);5-14,34H,15H2,1-3H3;4-9,25H,10H2,1-3H3;1-3,5H,(H,10,11). The lowest BCUT2D eigenvalue weighted by Gasteiger charge is -2.20. The molecule has 144 heavy (non-hydrogen) atoms. The van der Waals surface area contributed by atoms with Gasteiger partial charge < -0.3 is 55.2 Å². The Balaban J connectivity index is 0.000000128. The number of carbonyl (C=O) groups is 2. The van der Waals surface area contributed by atoms with Crippen LogP contribution in [0.3, 0.4) is 0 Å². The van der Waals surface area contributed by atoms with Crippen LogP contribution in [0.15, 0.2) is 263 Å². The molecule has 9 N–H and O–H groups in total. The number of primary amides is 2. The highest BCUT2D eigenvalue weighted by atomic mass is 19.1. The molecule has 0 saturated carbocycles. The van der Waals surface area contributed by atoms with Gasteiger partial charge in [0.05, 0.1) is 136 Å². The fourth-order valence-electron chi connectivity index (χ4n) is 17.5. The number of rotatable bonds is 12. The van der Waals surface area contributed by atoms with E-state index in [9.17, 15) is 53.5 Å². The van der Waals surface area contributed by atoms with E-state index in [1.165, 1.54) is 53.7 Å². The number of pyridine rings is 4. The molecule has 0 spiro atoms. The average molecular weight is 1930 g/mol. The minimum Gasteiger partial charge on any atom is -0.423 e. The lowest BCUT2D eigenvalue weighted by atomic mass is 9.79. The lowest BCUT2D eigenvalue weighted by molar-refractivity contribution is 0.0993. The van der Waals surface area contributed by atoms with E-state index in [2.05, 4.69) is 56.2 Å². The van der Waals surface area contributed by atoms with E-state index in [1.807, 2.05) is 95.2 Å². The number of aromatic nitrogens is 16. The van der Waals surface area contributed by atoms with Crippen LogP contribution < -0.4 is 39.2 Å². The molecule has 31 nitrogen and oxygen atoms in total. The van der Waals surface area contributed by atoms with Crippen molar-refractivity contribution < 1.29 is 52.1 Å². The van der Waals surface area contributed by atoms with Crippen molar-refractivity contribution in [1.82, 2.24) is 77.7 Å². The third kappa shape index (κ3) is 18.3. The third-order valence-electron chi connectivity index (χ3n) is 25.1. The number of H-pyrrole nitrogens is 1. The van der Waals surface area contributed by atoms with Gasteiger partial charge in [0.1, 0.15) is 51.9 Å². The minimum absolute atomic E-state index is 0.00469. The summed E-state index contributed by atoms with van der Waals surface area (Å²) in [4.78, 5) is 101. The number of aliphatic hydroxyl groups is 3. The summed E-state index contributed by atoms with van der Waals surface area (Å²) in [5.41, 5.74) is 19.7. The highest BCUT2D eigenvalue weighted by Gasteiger charge is 2.33. The van der Waals surface area contributed by atoms with Crippen LogP contribution in [0.5, 0.6) is 0 Å². The van der Waals surface area contributed by atoms with Crippen LogP contribution in [0.4, 0.5) is 23.2 Å². The predicted octanol–water partition coefficient (Wildman–Crippen LogP) is 16.2. The van der Waals surface area contributed by atoms with Gasteiger partial charge in [0.2, 0.25) is 5.69 Å². The Bertz CT molecular complexity index is 8730. The zero-order valence-electron chi connectivity index (χ0n) is 79.9. The van der Waals surface area contributed by atoms with Gasteiger partial charge in [-0.25, -0.2) is 42.3 Å². The first kappa shape index (κ1) is 98.2. The molecule has 2 amide bonds. The van der Waals surface area contributed by atoms with Crippen molar-refractivity contribution in [3.8, 4) is 45.9 Å². The smallest absolute Gasteiger partial charge is 0.423 e. The molecule has 0 bridgehead atoms. The molecule has 36 heteroatoms. The maximum Gasteiger partial charge on any atom is 0.491 e. The van der Waals surface area contributed by atoms with Gasteiger partial charge >= 0.3 is 7.12 Å². The molecular formula is C108H93BF4N20O11. The maximum atomic E-state index is 15.2. The second kappa shape index (κ2) is 38.6. The van der Waals surface area contributed by atoms with E-state index in [1.54, 1.807) is 197 Å². The number of benzene rings is 8. The second-order valence-corrected chi connectivity index (χ2v) is 38.3. The number of hydrogen-bond donors (Lipinski definition) is 7. The number of fused-ring (bicyclic) bond motifs is 9. The molecule has 12 aromatic heterocycles. The summed E-state index contributed by atoms with van der Waals surface area (Å²) in [6, 6.07) is 49.2. The van der Waals surface area contributed by atoms with Crippen molar-refractivity contribution in [3.05, 3.63) is 382 Å². The molecule has 1 aliphatic heterocycles. The topological polar surface area (TPSA) is 426 Å². The van der Waals surface area contributed by atoms with E-state index < -0.39 is 84.3 Å². The summed E-state index contributed by atoms with van der Waals surface area (Å²) in [6.45, 7) is 30.0. The van der Waals surface area contributed by atoms with Crippen LogP contribution in [-0.4, -0.2) is 117 Å². The van der Waals surface area contributed by atoms with Crippen LogP contribution in [0, 0.1) is 41.2 Å². The molecule has 8 aromatic carbocycles. The quantitative estimate of drug-likeness (QED) is 0.0339. The molecule has 13 heterocycles. The Labute approximate surface area is 818 Å². The Hall–Kier alpha value is -17.4. The number of hydrogen-bond acceptors (Lipinski definition) is 20. The van der Waals surface area contributed by atoms with Gasteiger partial charge in [-0.2, -0.15) is 44.4 Å². The van der Waals surface area contributed by atoms with Crippen molar-refractivity contribution in [2.45, 2.75) is 131 Å². The summed E-state index contributed by atoms with van der Waals surface area (Å²) in [5.74, 6) is -3.68. The Morgan fingerprint density at radius 1 is 0.444 bits per heavy atom. The molecule has 0 aliphatic carbocycles. The van der Waals surface area contributed by atoms with E-state index in [-0.39, 0.29) is 72.3 Å². The molecule has 0 unspecified atom stereocenters. The molecule has 0 radical (unpaired) electrons. The first-order valence-corrected chi connectivity index (χ1v) is 45.3. The zero-order valence-corrected chi connectivity index (χ0v) is 79.9. The van der Waals surface area contributed by atoms with Crippen molar-refractivity contribution >= 4 is 117 Å². The monoisotopic (exact) mass is 1930 g/mol. The average Bonchev–Trinajstić information content (AvgIpc) is 1.39. The Morgan fingerprint density at radius 2 is 0.757 bits per heavy atom. The summed E-state index contributed by atoms with van der Waals surface area (Å²) in [6.07, 6.45) is 18.7. The predicted molar refractivity (Wildman–Crippen MR) is 542 cm³/mol. The van der Waals surface area contributed by atoms with Crippen molar-refractivity contribution in [2.24, 2.45) is 11.5 Å². The van der Waals surface area contributed by atoms with Gasteiger partial charge in [-0.3, -0.25) is 28.8 Å². The molecule has 1 aliphatic rings. The lowest BCUT2D eigenvalue weighted by Crippen LogP contribution is -2.30. The van der Waals surface area contributed by atoms with Crippen molar-refractivity contribution in [2.75, 3.05) is 0 Å². The van der Waals surface area contributed by atoms with Gasteiger partial charge in [0.15, 0.2) is 0 Å². The maximum absolute atomic E-state index is 15.2. The zero-order chi connectivity index (χ0) is 103. The molecule has 20 aromatic rings. The summed E-state index contributed by atoms with van der Waals surface area (Å²) >= 11 is 0. The Kier molecular flexibility index (Phi) is 26.4. The van der Waals surface area contributed by atoms with E-state index in [0.717, 1.165) is 47.3 Å². The molecule has 0 atom stereocenters. The van der Waals surface area contributed by atoms with Gasteiger partial charge in [-0.15, -0.1) is 0 Å². The van der Waals surface area contributed by atoms with E-state index in [0.29, 0.717) is 122 Å². The van der Waals surface area contributed by atoms with Crippen molar-refractivity contribution in [3.63, 3.8) is 0 Å². The minimum atomic E-state index is -1.02. The first-order chi connectivity index (χ1) is 68.6. The number of amides is 2. The number of nitrogens with zero attached hydrogens (tertiary/aromatic N) is 17. The fourth-order valence-corrected chi connectivity index (χ4v) is 17.5. The fraction of sp³-hybridized carbons (Fsp3) is 0.185. The normalized spacial score (nSPS) is 12.1. The number of nitrogens with one attached hydrogen (secondary N) is 1. The number of aromatic amines is 1. The number of carbonyl (C=O) groups excluding carboxylic acids is 2. The molecular weight excluding hydrogens is 1840 g/mol. The molecule has 21 rings (SSSR count). The van der Waals surface area contributed by atoms with Crippen LogP contribution >= 0.6 is 0 Å². The van der Waals surface area contributed by atoms with Gasteiger partial charge in [0, 0.05) is 115 Å². The van der Waals surface area contributed by atoms with Crippen LogP contribution in [0.1, 0.15) is 154 Å². The van der Waals surface area contributed by atoms with Gasteiger partial charge in [-0.05, 0) is 183 Å². The number of halogens is 4. The Morgan fingerprint density at radius 3 is 1.10 bits per heavy atom. The molecule has 0 fully saturated rings. The van der Waals surface area contributed by atoms with Crippen molar-refractivity contribution in [1.29, 1.82) is 5.26 Å². The number of nitrogens with two attached hydrogens (primary N) is 2. The van der Waals surface area contributed by atoms with Gasteiger partial charge in [-0.1, -0.05) is 119 Å². The number of nitriles is 1. The largest absolute Gasteiger partial charge is 0.491 e.